The smallest absolute Gasteiger partial charge is 0.104 e. The summed E-state index contributed by atoms with van der Waals surface area (Å²) in [6.07, 6.45) is 0. The fourth-order valence-corrected chi connectivity index (χ4v) is 2.81. The molecule has 2 aromatic rings. The summed E-state index contributed by atoms with van der Waals surface area (Å²) in [5, 5.41) is 3.21. The molecule has 0 fully saturated rings. The first-order valence-electron chi connectivity index (χ1n) is 6.03. The van der Waals surface area contributed by atoms with Crippen molar-refractivity contribution in [1.29, 1.82) is 0 Å². The molecule has 0 atom stereocenters. The number of hydrogen-bond donors (Lipinski definition) is 1. The van der Waals surface area contributed by atoms with Gasteiger partial charge in [-0.05, 0) is 19.5 Å². The summed E-state index contributed by atoms with van der Waals surface area (Å²) in [7, 11) is 2.07. The lowest BCUT2D eigenvalue weighted by Crippen LogP contribution is -2.20. The first-order chi connectivity index (χ1) is 9.06. The molecule has 0 aliphatic rings. The number of thiocarbonyl (C=S) groups is 1. The molecule has 0 radical (unpaired) electrons. The van der Waals surface area contributed by atoms with E-state index in [9.17, 15) is 0 Å². The SMILES string of the molecule is Cc1nc(CN(C)Cc2ccccc2C(N)=S)cs1. The van der Waals surface area contributed by atoms with Crippen molar-refractivity contribution in [1.82, 2.24) is 9.88 Å². The van der Waals surface area contributed by atoms with Crippen LogP contribution in [0.5, 0.6) is 0 Å². The first-order valence-corrected chi connectivity index (χ1v) is 7.32. The maximum Gasteiger partial charge on any atom is 0.104 e. The molecule has 2 rings (SSSR count). The zero-order valence-corrected chi connectivity index (χ0v) is 12.7. The van der Waals surface area contributed by atoms with Gasteiger partial charge in [-0.25, -0.2) is 4.98 Å². The van der Waals surface area contributed by atoms with Crippen LogP contribution in [0.4, 0.5) is 0 Å². The minimum absolute atomic E-state index is 0.452. The molecular weight excluding hydrogens is 274 g/mol. The number of aromatic nitrogens is 1. The molecule has 0 spiro atoms. The lowest BCUT2D eigenvalue weighted by Gasteiger charge is -2.17. The molecule has 2 N–H and O–H groups in total. The lowest BCUT2D eigenvalue weighted by molar-refractivity contribution is 0.315. The maximum absolute atomic E-state index is 5.75. The Labute approximate surface area is 123 Å². The van der Waals surface area contributed by atoms with Crippen LogP contribution in [0.2, 0.25) is 0 Å². The van der Waals surface area contributed by atoms with Gasteiger partial charge in [-0.1, -0.05) is 36.5 Å². The van der Waals surface area contributed by atoms with Crippen LogP contribution in [-0.4, -0.2) is 21.9 Å². The summed E-state index contributed by atoms with van der Waals surface area (Å²) in [6.45, 7) is 3.66. The standard InChI is InChI=1S/C14H17N3S2/c1-10-16-12(9-19-10)8-17(2)7-11-5-3-4-6-13(11)14(15)18/h3-6,9H,7-8H2,1-2H3,(H2,15,18). The first kappa shape index (κ1) is 14.1. The highest BCUT2D eigenvalue weighted by Crippen LogP contribution is 2.14. The van der Waals surface area contributed by atoms with E-state index in [1.54, 1.807) is 11.3 Å². The topological polar surface area (TPSA) is 42.2 Å². The van der Waals surface area contributed by atoms with Crippen molar-refractivity contribution >= 4 is 28.5 Å². The molecule has 0 saturated heterocycles. The number of thiazole rings is 1. The van der Waals surface area contributed by atoms with Gasteiger partial charge in [0.1, 0.15) is 4.99 Å². The molecule has 1 aromatic carbocycles. The van der Waals surface area contributed by atoms with Gasteiger partial charge in [0.2, 0.25) is 0 Å². The van der Waals surface area contributed by atoms with Crippen molar-refractivity contribution in [2.75, 3.05) is 7.05 Å². The molecule has 0 bridgehead atoms. The summed E-state index contributed by atoms with van der Waals surface area (Å²) in [5.41, 5.74) is 8.97. The summed E-state index contributed by atoms with van der Waals surface area (Å²) < 4.78 is 0. The van der Waals surface area contributed by atoms with Gasteiger partial charge in [-0.3, -0.25) is 4.90 Å². The van der Waals surface area contributed by atoms with Crippen molar-refractivity contribution in [3.05, 3.63) is 51.5 Å². The predicted octanol–water partition coefficient (Wildman–Crippen LogP) is 2.72. The number of hydrogen-bond acceptors (Lipinski definition) is 4. The minimum atomic E-state index is 0.452. The summed E-state index contributed by atoms with van der Waals surface area (Å²) in [6, 6.07) is 8.01. The Morgan fingerprint density at radius 1 is 1.37 bits per heavy atom. The van der Waals surface area contributed by atoms with Crippen LogP contribution in [-0.2, 0) is 13.1 Å². The summed E-state index contributed by atoms with van der Waals surface area (Å²) in [4.78, 5) is 7.14. The van der Waals surface area contributed by atoms with Crippen LogP contribution < -0.4 is 5.73 Å². The number of nitrogens with two attached hydrogens (primary N) is 1. The van der Waals surface area contributed by atoms with Crippen molar-refractivity contribution in [3.8, 4) is 0 Å². The molecule has 1 heterocycles. The van der Waals surface area contributed by atoms with E-state index in [2.05, 4.69) is 28.4 Å². The summed E-state index contributed by atoms with van der Waals surface area (Å²) >= 11 is 6.77. The Morgan fingerprint density at radius 2 is 2.11 bits per heavy atom. The van der Waals surface area contributed by atoms with E-state index >= 15 is 0 Å². The van der Waals surface area contributed by atoms with E-state index in [1.807, 2.05) is 25.1 Å². The molecule has 100 valence electrons. The van der Waals surface area contributed by atoms with E-state index in [0.29, 0.717) is 4.99 Å². The third-order valence-corrected chi connectivity index (χ3v) is 3.86. The molecule has 19 heavy (non-hydrogen) atoms. The Morgan fingerprint density at radius 3 is 2.74 bits per heavy atom. The van der Waals surface area contributed by atoms with Gasteiger partial charge in [-0.2, -0.15) is 0 Å². The van der Waals surface area contributed by atoms with Gasteiger partial charge in [0.25, 0.3) is 0 Å². The van der Waals surface area contributed by atoms with Gasteiger partial charge in [0.05, 0.1) is 10.7 Å². The van der Waals surface area contributed by atoms with Crippen LogP contribution in [0.3, 0.4) is 0 Å². The quantitative estimate of drug-likeness (QED) is 0.860. The van der Waals surface area contributed by atoms with Crippen LogP contribution in [0.15, 0.2) is 29.6 Å². The fraction of sp³-hybridized carbons (Fsp3) is 0.286. The number of benzene rings is 1. The molecule has 0 aliphatic carbocycles. The van der Waals surface area contributed by atoms with Crippen molar-refractivity contribution < 1.29 is 0 Å². The monoisotopic (exact) mass is 291 g/mol. The normalized spacial score (nSPS) is 10.9. The zero-order valence-electron chi connectivity index (χ0n) is 11.1. The Kier molecular flexibility index (Phi) is 4.63. The van der Waals surface area contributed by atoms with Crippen molar-refractivity contribution in [2.24, 2.45) is 5.73 Å². The van der Waals surface area contributed by atoms with Crippen molar-refractivity contribution in [2.45, 2.75) is 20.0 Å². The van der Waals surface area contributed by atoms with E-state index < -0.39 is 0 Å². The van der Waals surface area contributed by atoms with E-state index in [0.717, 1.165) is 34.9 Å². The van der Waals surface area contributed by atoms with Gasteiger partial charge in [0.15, 0.2) is 0 Å². The van der Waals surface area contributed by atoms with E-state index in [4.69, 9.17) is 18.0 Å². The molecule has 0 amide bonds. The van der Waals surface area contributed by atoms with Crippen LogP contribution in [0, 0.1) is 6.92 Å². The second kappa shape index (κ2) is 6.23. The third-order valence-electron chi connectivity index (χ3n) is 2.82. The minimum Gasteiger partial charge on any atom is -0.389 e. The lowest BCUT2D eigenvalue weighted by atomic mass is 10.1. The zero-order chi connectivity index (χ0) is 13.8. The number of rotatable bonds is 5. The third kappa shape index (κ3) is 3.83. The largest absolute Gasteiger partial charge is 0.389 e. The van der Waals surface area contributed by atoms with Crippen molar-refractivity contribution in [3.63, 3.8) is 0 Å². The van der Waals surface area contributed by atoms with Crippen LogP contribution in [0.1, 0.15) is 21.8 Å². The van der Waals surface area contributed by atoms with Gasteiger partial charge >= 0.3 is 0 Å². The molecule has 0 saturated carbocycles. The molecular formula is C14H17N3S2. The average Bonchev–Trinajstić information content (AvgIpc) is 2.75. The molecule has 1 aromatic heterocycles. The summed E-state index contributed by atoms with van der Waals surface area (Å²) in [5.74, 6) is 0. The fourth-order valence-electron chi connectivity index (χ4n) is 2.00. The van der Waals surface area contributed by atoms with E-state index in [-0.39, 0.29) is 0 Å². The van der Waals surface area contributed by atoms with Crippen LogP contribution in [0.25, 0.3) is 0 Å². The highest BCUT2D eigenvalue weighted by Gasteiger charge is 2.08. The highest BCUT2D eigenvalue weighted by molar-refractivity contribution is 7.80. The maximum atomic E-state index is 5.75. The van der Waals surface area contributed by atoms with Gasteiger partial charge < -0.3 is 5.73 Å². The highest BCUT2D eigenvalue weighted by atomic mass is 32.1. The Hall–Kier alpha value is -1.30. The Balaban J connectivity index is 2.06. The second-order valence-electron chi connectivity index (χ2n) is 4.55. The molecule has 0 aliphatic heterocycles. The molecule has 0 unspecified atom stereocenters. The average molecular weight is 291 g/mol. The Bertz CT molecular complexity index is 578. The van der Waals surface area contributed by atoms with E-state index in [1.165, 1.54) is 0 Å². The molecule has 5 heteroatoms. The predicted molar refractivity (Wildman–Crippen MR) is 84.4 cm³/mol. The van der Waals surface area contributed by atoms with Crippen LogP contribution >= 0.6 is 23.6 Å². The number of aryl methyl sites for hydroxylation is 1. The molecule has 3 nitrogen and oxygen atoms in total. The van der Waals surface area contributed by atoms with Gasteiger partial charge in [0, 0.05) is 24.0 Å². The second-order valence-corrected chi connectivity index (χ2v) is 6.05. The number of nitrogens with zero attached hydrogens (tertiary/aromatic N) is 2. The van der Waals surface area contributed by atoms with Gasteiger partial charge in [-0.15, -0.1) is 11.3 Å².